The predicted molar refractivity (Wildman–Crippen MR) is 71.5 cm³/mol. The summed E-state index contributed by atoms with van der Waals surface area (Å²) >= 11 is 6.29. The lowest BCUT2D eigenvalue weighted by atomic mass is 9.68. The lowest BCUT2D eigenvalue weighted by Crippen LogP contribution is -2.54. The topological polar surface area (TPSA) is 32.3 Å². The van der Waals surface area contributed by atoms with E-state index in [4.69, 9.17) is 11.6 Å². The van der Waals surface area contributed by atoms with E-state index in [9.17, 15) is 5.11 Å². The SMILES string of the molecule is CC1(C)CC(CO)(c2ccccc2Cl)CCN1. The molecule has 1 fully saturated rings. The monoisotopic (exact) mass is 253 g/mol. The highest BCUT2D eigenvalue weighted by atomic mass is 35.5. The molecule has 0 saturated carbocycles. The molecule has 2 rings (SSSR count). The van der Waals surface area contributed by atoms with Crippen LogP contribution >= 0.6 is 11.6 Å². The molecule has 2 nitrogen and oxygen atoms in total. The fraction of sp³-hybridized carbons (Fsp3) is 0.571. The first-order valence-corrected chi connectivity index (χ1v) is 6.48. The zero-order valence-corrected chi connectivity index (χ0v) is 11.2. The maximum absolute atomic E-state index is 9.87. The van der Waals surface area contributed by atoms with Crippen LogP contribution in [-0.4, -0.2) is 23.8 Å². The van der Waals surface area contributed by atoms with Gasteiger partial charge in [-0.3, -0.25) is 0 Å². The summed E-state index contributed by atoms with van der Waals surface area (Å²) in [6.45, 7) is 5.42. The third kappa shape index (κ3) is 2.49. The quantitative estimate of drug-likeness (QED) is 0.850. The van der Waals surface area contributed by atoms with Gasteiger partial charge in [-0.1, -0.05) is 29.8 Å². The van der Waals surface area contributed by atoms with Crippen LogP contribution in [0.15, 0.2) is 24.3 Å². The molecule has 1 aromatic carbocycles. The van der Waals surface area contributed by atoms with Gasteiger partial charge in [0.1, 0.15) is 0 Å². The summed E-state index contributed by atoms with van der Waals surface area (Å²) in [5.74, 6) is 0. The van der Waals surface area contributed by atoms with Crippen LogP contribution in [0.3, 0.4) is 0 Å². The summed E-state index contributed by atoms with van der Waals surface area (Å²) in [5, 5.41) is 14.1. The maximum Gasteiger partial charge on any atom is 0.0529 e. The lowest BCUT2D eigenvalue weighted by Gasteiger charge is -2.45. The van der Waals surface area contributed by atoms with E-state index in [1.165, 1.54) is 0 Å². The van der Waals surface area contributed by atoms with Crippen molar-refractivity contribution in [2.45, 2.75) is 37.6 Å². The summed E-state index contributed by atoms with van der Waals surface area (Å²) in [7, 11) is 0. The van der Waals surface area contributed by atoms with Crippen molar-refractivity contribution in [3.63, 3.8) is 0 Å². The second-order valence-electron chi connectivity index (χ2n) is 5.66. The molecule has 1 aromatic rings. The molecular formula is C14H20ClNO. The van der Waals surface area contributed by atoms with Gasteiger partial charge in [0.05, 0.1) is 6.61 Å². The Hall–Kier alpha value is -0.570. The van der Waals surface area contributed by atoms with Gasteiger partial charge >= 0.3 is 0 Å². The number of benzene rings is 1. The molecule has 1 aliphatic rings. The molecule has 1 atom stereocenters. The van der Waals surface area contributed by atoms with Gasteiger partial charge in [-0.05, 0) is 44.9 Å². The molecule has 17 heavy (non-hydrogen) atoms. The first kappa shape index (κ1) is 12.9. The fourth-order valence-electron chi connectivity index (χ4n) is 2.98. The number of nitrogens with one attached hydrogen (secondary N) is 1. The van der Waals surface area contributed by atoms with Crippen molar-refractivity contribution >= 4 is 11.6 Å². The summed E-state index contributed by atoms with van der Waals surface area (Å²) in [6, 6.07) is 7.88. The van der Waals surface area contributed by atoms with Crippen LogP contribution < -0.4 is 5.32 Å². The van der Waals surface area contributed by atoms with Gasteiger partial charge in [0, 0.05) is 16.0 Å². The normalized spacial score (nSPS) is 28.0. The van der Waals surface area contributed by atoms with Crippen molar-refractivity contribution in [3.8, 4) is 0 Å². The number of rotatable bonds is 2. The van der Waals surface area contributed by atoms with E-state index in [-0.39, 0.29) is 17.6 Å². The number of halogens is 1. The number of piperidine rings is 1. The molecule has 1 aliphatic heterocycles. The van der Waals surface area contributed by atoms with Crippen LogP contribution in [0, 0.1) is 0 Å². The third-order valence-corrected chi connectivity index (χ3v) is 4.06. The molecule has 1 saturated heterocycles. The van der Waals surface area contributed by atoms with Crippen molar-refractivity contribution in [2.75, 3.05) is 13.2 Å². The third-order valence-electron chi connectivity index (χ3n) is 3.74. The highest BCUT2D eigenvalue weighted by Crippen LogP contribution is 2.41. The zero-order chi connectivity index (χ0) is 12.5. The molecule has 3 heteroatoms. The van der Waals surface area contributed by atoms with Crippen molar-refractivity contribution in [3.05, 3.63) is 34.9 Å². The Morgan fingerprint density at radius 1 is 1.35 bits per heavy atom. The molecule has 0 aromatic heterocycles. The number of hydrogen-bond acceptors (Lipinski definition) is 2. The van der Waals surface area contributed by atoms with Crippen LogP contribution in [0.2, 0.25) is 5.02 Å². The minimum atomic E-state index is -0.201. The Balaban J connectivity index is 2.41. The molecule has 94 valence electrons. The molecule has 0 amide bonds. The average molecular weight is 254 g/mol. The number of hydrogen-bond donors (Lipinski definition) is 2. The Morgan fingerprint density at radius 2 is 2.06 bits per heavy atom. The summed E-state index contributed by atoms with van der Waals surface area (Å²) < 4.78 is 0. The standard InChI is InChI=1S/C14H20ClNO/c1-13(2)9-14(10-17,7-8-16-13)11-5-3-4-6-12(11)15/h3-6,16-17H,7-10H2,1-2H3. The predicted octanol–water partition coefficient (Wildman–Crippen LogP) is 2.73. The van der Waals surface area contributed by atoms with Gasteiger partial charge in [-0.2, -0.15) is 0 Å². The molecule has 0 radical (unpaired) electrons. The summed E-state index contributed by atoms with van der Waals surface area (Å²) in [5.41, 5.74) is 0.923. The van der Waals surface area contributed by atoms with Crippen LogP contribution in [-0.2, 0) is 5.41 Å². The highest BCUT2D eigenvalue weighted by molar-refractivity contribution is 6.31. The van der Waals surface area contributed by atoms with Gasteiger partial charge in [-0.15, -0.1) is 0 Å². The van der Waals surface area contributed by atoms with Gasteiger partial charge < -0.3 is 10.4 Å². The van der Waals surface area contributed by atoms with Crippen molar-refractivity contribution < 1.29 is 5.11 Å². The van der Waals surface area contributed by atoms with E-state index in [0.717, 1.165) is 30.0 Å². The molecular weight excluding hydrogens is 234 g/mol. The maximum atomic E-state index is 9.87. The molecule has 0 spiro atoms. The van der Waals surface area contributed by atoms with E-state index < -0.39 is 0 Å². The van der Waals surface area contributed by atoms with Gasteiger partial charge in [-0.25, -0.2) is 0 Å². The Bertz CT molecular complexity index is 405. The second-order valence-corrected chi connectivity index (χ2v) is 6.06. The lowest BCUT2D eigenvalue weighted by molar-refractivity contribution is 0.112. The van der Waals surface area contributed by atoms with Gasteiger partial charge in [0.15, 0.2) is 0 Å². The second kappa shape index (κ2) is 4.60. The minimum absolute atomic E-state index is 0.0418. The van der Waals surface area contributed by atoms with Crippen molar-refractivity contribution in [1.29, 1.82) is 0 Å². The Kier molecular flexibility index (Phi) is 3.48. The van der Waals surface area contributed by atoms with E-state index >= 15 is 0 Å². The minimum Gasteiger partial charge on any atom is -0.395 e. The van der Waals surface area contributed by atoms with E-state index in [0.29, 0.717) is 0 Å². The molecule has 1 unspecified atom stereocenters. The van der Waals surface area contributed by atoms with Crippen LogP contribution in [0.4, 0.5) is 0 Å². The Morgan fingerprint density at radius 3 is 2.65 bits per heavy atom. The van der Waals surface area contributed by atoms with Crippen LogP contribution in [0.1, 0.15) is 32.3 Å². The van der Waals surface area contributed by atoms with Crippen LogP contribution in [0.25, 0.3) is 0 Å². The van der Waals surface area contributed by atoms with E-state index in [2.05, 4.69) is 19.2 Å². The molecule has 0 bridgehead atoms. The van der Waals surface area contributed by atoms with Gasteiger partial charge in [0.2, 0.25) is 0 Å². The highest BCUT2D eigenvalue weighted by Gasteiger charge is 2.41. The molecule has 2 N–H and O–H groups in total. The molecule has 1 heterocycles. The summed E-state index contributed by atoms with van der Waals surface area (Å²) in [6.07, 6.45) is 1.83. The molecule has 0 aliphatic carbocycles. The zero-order valence-electron chi connectivity index (χ0n) is 10.5. The van der Waals surface area contributed by atoms with E-state index in [1.807, 2.05) is 24.3 Å². The number of aliphatic hydroxyl groups is 1. The Labute approximate surface area is 108 Å². The van der Waals surface area contributed by atoms with E-state index in [1.54, 1.807) is 0 Å². The number of aliphatic hydroxyl groups excluding tert-OH is 1. The first-order valence-electron chi connectivity index (χ1n) is 6.10. The fourth-order valence-corrected chi connectivity index (χ4v) is 3.31. The first-order chi connectivity index (χ1) is 7.99. The van der Waals surface area contributed by atoms with Crippen LogP contribution in [0.5, 0.6) is 0 Å². The van der Waals surface area contributed by atoms with Gasteiger partial charge in [0.25, 0.3) is 0 Å². The largest absolute Gasteiger partial charge is 0.395 e. The van der Waals surface area contributed by atoms with Crippen molar-refractivity contribution in [1.82, 2.24) is 5.32 Å². The summed E-state index contributed by atoms with van der Waals surface area (Å²) in [4.78, 5) is 0. The smallest absolute Gasteiger partial charge is 0.0529 e. The van der Waals surface area contributed by atoms with Crippen molar-refractivity contribution in [2.24, 2.45) is 0 Å². The average Bonchev–Trinajstić information content (AvgIpc) is 2.28.